The van der Waals surface area contributed by atoms with Gasteiger partial charge < -0.3 is 5.32 Å². The van der Waals surface area contributed by atoms with Gasteiger partial charge in [-0.25, -0.2) is 8.78 Å². The van der Waals surface area contributed by atoms with Crippen LogP contribution in [0.2, 0.25) is 0 Å². The lowest BCUT2D eigenvalue weighted by Crippen LogP contribution is -2.23. The van der Waals surface area contributed by atoms with E-state index in [0.717, 1.165) is 17.0 Å². The minimum atomic E-state index is -0.821. The van der Waals surface area contributed by atoms with Crippen molar-refractivity contribution in [3.05, 3.63) is 35.4 Å². The molecule has 0 bridgehead atoms. The van der Waals surface area contributed by atoms with Gasteiger partial charge in [-0.15, -0.1) is 0 Å². The Balaban J connectivity index is 2.02. The van der Waals surface area contributed by atoms with E-state index in [4.69, 9.17) is 0 Å². The Bertz CT molecular complexity index is 420. The van der Waals surface area contributed by atoms with Crippen molar-refractivity contribution in [2.45, 2.75) is 19.5 Å². The fourth-order valence-corrected chi connectivity index (χ4v) is 2.32. The van der Waals surface area contributed by atoms with E-state index in [1.807, 2.05) is 0 Å². The Morgan fingerprint density at radius 3 is 2.88 bits per heavy atom. The van der Waals surface area contributed by atoms with Gasteiger partial charge in [0.05, 0.1) is 6.54 Å². The van der Waals surface area contributed by atoms with Crippen molar-refractivity contribution in [1.82, 2.24) is 5.32 Å². The highest BCUT2D eigenvalue weighted by atomic mass is 32.2. The highest BCUT2D eigenvalue weighted by Crippen LogP contribution is 2.15. The van der Waals surface area contributed by atoms with Crippen LogP contribution in [0.15, 0.2) is 23.2 Å². The number of benzene rings is 1. The molecule has 2 nitrogen and oxygen atoms in total. The quantitative estimate of drug-likeness (QED) is 0.862. The fraction of sp³-hybridized carbons (Fsp3) is 0.364. The number of nitrogens with zero attached hydrogens (tertiary/aromatic N) is 1. The summed E-state index contributed by atoms with van der Waals surface area (Å²) in [6.07, 6.45) is 0. The Kier molecular flexibility index (Phi) is 3.43. The molecule has 1 aromatic rings. The van der Waals surface area contributed by atoms with E-state index in [1.165, 1.54) is 6.07 Å². The minimum Gasteiger partial charge on any atom is -0.362 e. The first-order valence-corrected chi connectivity index (χ1v) is 6.01. The van der Waals surface area contributed by atoms with Crippen LogP contribution < -0.4 is 5.32 Å². The summed E-state index contributed by atoms with van der Waals surface area (Å²) in [5.74, 6) is -0.645. The predicted octanol–water partition coefficient (Wildman–Crippen LogP) is 2.55. The van der Waals surface area contributed by atoms with Crippen LogP contribution in [0.3, 0.4) is 0 Å². The van der Waals surface area contributed by atoms with Crippen molar-refractivity contribution in [3.63, 3.8) is 0 Å². The van der Waals surface area contributed by atoms with Gasteiger partial charge in [-0.05, 0) is 24.6 Å². The molecule has 0 radical (unpaired) electrons. The van der Waals surface area contributed by atoms with Crippen molar-refractivity contribution in [3.8, 4) is 0 Å². The molecule has 1 fully saturated rings. The van der Waals surface area contributed by atoms with Crippen LogP contribution in [-0.2, 0) is 6.54 Å². The summed E-state index contributed by atoms with van der Waals surface area (Å²) in [5, 5.41) is 4.07. The Morgan fingerprint density at radius 2 is 2.25 bits per heavy atom. The van der Waals surface area contributed by atoms with Crippen molar-refractivity contribution in [2.75, 3.05) is 5.75 Å². The smallest absolute Gasteiger partial charge is 0.159 e. The third kappa shape index (κ3) is 2.72. The third-order valence-electron chi connectivity index (χ3n) is 2.23. The second-order valence-electron chi connectivity index (χ2n) is 3.73. The van der Waals surface area contributed by atoms with Gasteiger partial charge in [-0.2, -0.15) is 0 Å². The van der Waals surface area contributed by atoms with Gasteiger partial charge in [0, 0.05) is 11.8 Å². The maximum atomic E-state index is 12.9. The average molecular weight is 242 g/mol. The molecule has 0 aromatic heterocycles. The number of rotatable bonds is 2. The molecular weight excluding hydrogens is 230 g/mol. The largest absolute Gasteiger partial charge is 0.362 e. The number of nitrogens with one attached hydrogen (secondary N) is 1. The van der Waals surface area contributed by atoms with Gasteiger partial charge in [0.2, 0.25) is 0 Å². The molecule has 86 valence electrons. The Labute approximate surface area is 97.1 Å². The molecule has 0 saturated carbocycles. The van der Waals surface area contributed by atoms with Gasteiger partial charge in [0.1, 0.15) is 0 Å². The van der Waals surface area contributed by atoms with Gasteiger partial charge >= 0.3 is 0 Å². The van der Waals surface area contributed by atoms with Crippen LogP contribution in [0.5, 0.6) is 0 Å². The lowest BCUT2D eigenvalue weighted by atomic mass is 10.2. The molecule has 5 heteroatoms. The summed E-state index contributed by atoms with van der Waals surface area (Å²) in [6, 6.07) is 4.28. The van der Waals surface area contributed by atoms with Crippen LogP contribution in [-0.4, -0.2) is 17.0 Å². The molecule has 1 aliphatic rings. The van der Waals surface area contributed by atoms with Crippen LogP contribution in [0.1, 0.15) is 12.5 Å². The van der Waals surface area contributed by atoms with E-state index in [1.54, 1.807) is 17.8 Å². The molecule has 1 atom stereocenters. The zero-order valence-electron chi connectivity index (χ0n) is 8.84. The molecule has 0 amide bonds. The monoisotopic (exact) mass is 242 g/mol. The molecule has 1 aliphatic heterocycles. The molecule has 16 heavy (non-hydrogen) atoms. The Morgan fingerprint density at radius 1 is 1.44 bits per heavy atom. The highest BCUT2D eigenvalue weighted by molar-refractivity contribution is 8.14. The number of aliphatic imine (C=N–C) groups is 1. The van der Waals surface area contributed by atoms with Crippen molar-refractivity contribution in [2.24, 2.45) is 4.99 Å². The first-order valence-electron chi connectivity index (χ1n) is 5.03. The van der Waals surface area contributed by atoms with E-state index < -0.39 is 11.6 Å². The van der Waals surface area contributed by atoms with Crippen molar-refractivity contribution >= 4 is 16.9 Å². The fourth-order valence-electron chi connectivity index (χ4n) is 1.39. The minimum absolute atomic E-state index is 0.374. The summed E-state index contributed by atoms with van der Waals surface area (Å²) < 4.78 is 25.6. The summed E-state index contributed by atoms with van der Waals surface area (Å²) in [7, 11) is 0. The number of thioether (sulfide) groups is 1. The average Bonchev–Trinajstić information content (AvgIpc) is 2.66. The topological polar surface area (TPSA) is 24.4 Å². The lowest BCUT2D eigenvalue weighted by molar-refractivity contribution is 0.507. The zero-order chi connectivity index (χ0) is 11.5. The highest BCUT2D eigenvalue weighted by Gasteiger charge is 2.14. The molecule has 1 unspecified atom stereocenters. The van der Waals surface area contributed by atoms with Crippen LogP contribution in [0.25, 0.3) is 0 Å². The van der Waals surface area contributed by atoms with Gasteiger partial charge in [-0.1, -0.05) is 17.8 Å². The molecule has 0 aliphatic carbocycles. The number of hydrogen-bond acceptors (Lipinski definition) is 2. The second kappa shape index (κ2) is 4.82. The Hall–Kier alpha value is -1.10. The maximum Gasteiger partial charge on any atom is 0.159 e. The SMILES string of the molecule is CC1CSC(=NCc2ccc(F)c(F)c2)N1. The van der Waals surface area contributed by atoms with Crippen molar-refractivity contribution < 1.29 is 8.78 Å². The van der Waals surface area contributed by atoms with Crippen LogP contribution in [0, 0.1) is 11.6 Å². The first-order chi connectivity index (χ1) is 7.65. The van der Waals surface area contributed by atoms with Crippen LogP contribution >= 0.6 is 11.8 Å². The summed E-state index contributed by atoms with van der Waals surface area (Å²) in [5.41, 5.74) is 0.674. The van der Waals surface area contributed by atoms with E-state index in [9.17, 15) is 8.78 Å². The number of halogens is 2. The predicted molar refractivity (Wildman–Crippen MR) is 62.6 cm³/mol. The molecule has 1 saturated heterocycles. The van der Waals surface area contributed by atoms with E-state index in [-0.39, 0.29) is 0 Å². The summed E-state index contributed by atoms with van der Waals surface area (Å²) in [6.45, 7) is 2.45. The first kappa shape index (κ1) is 11.4. The van der Waals surface area contributed by atoms with E-state index in [0.29, 0.717) is 18.2 Å². The number of hydrogen-bond donors (Lipinski definition) is 1. The maximum absolute atomic E-state index is 12.9. The zero-order valence-corrected chi connectivity index (χ0v) is 9.65. The normalized spacial score (nSPS) is 22.4. The summed E-state index contributed by atoms with van der Waals surface area (Å²) in [4.78, 5) is 4.29. The second-order valence-corrected chi connectivity index (χ2v) is 4.73. The molecular formula is C11H12F2N2S. The van der Waals surface area contributed by atoms with E-state index in [2.05, 4.69) is 17.2 Å². The number of amidine groups is 1. The molecule has 1 aromatic carbocycles. The van der Waals surface area contributed by atoms with Crippen LogP contribution in [0.4, 0.5) is 8.78 Å². The molecule has 1 N–H and O–H groups in total. The molecule has 2 rings (SSSR count). The molecule has 1 heterocycles. The van der Waals surface area contributed by atoms with Crippen molar-refractivity contribution in [1.29, 1.82) is 0 Å². The lowest BCUT2D eigenvalue weighted by Gasteiger charge is -2.02. The standard InChI is InChI=1S/C11H12F2N2S/c1-7-6-16-11(15-7)14-5-8-2-3-9(12)10(13)4-8/h2-4,7H,5-6H2,1H3,(H,14,15). The van der Waals surface area contributed by atoms with Gasteiger partial charge in [0.25, 0.3) is 0 Å². The van der Waals surface area contributed by atoms with E-state index >= 15 is 0 Å². The summed E-state index contributed by atoms with van der Waals surface area (Å²) >= 11 is 1.65. The van der Waals surface area contributed by atoms with Gasteiger partial charge in [0.15, 0.2) is 16.8 Å². The van der Waals surface area contributed by atoms with Gasteiger partial charge in [-0.3, -0.25) is 4.99 Å². The third-order valence-corrected chi connectivity index (χ3v) is 3.42. The molecule has 0 spiro atoms.